The molecule has 5 heteroatoms. The molecular weight excluding hydrogens is 318 g/mol. The SMILES string of the molecule is CCCCCC(O)/C=C/C=C/CCNC(=O)CCCCCC(=O)OC. The number of rotatable bonds is 15. The third-order valence-corrected chi connectivity index (χ3v) is 3.83. The molecule has 1 unspecified atom stereocenters. The summed E-state index contributed by atoms with van der Waals surface area (Å²) in [6.07, 6.45) is 15.5. The van der Waals surface area contributed by atoms with Gasteiger partial charge in [0.2, 0.25) is 5.91 Å². The van der Waals surface area contributed by atoms with Crippen LogP contribution in [0.5, 0.6) is 0 Å². The zero-order chi connectivity index (χ0) is 18.8. The molecule has 0 bridgehead atoms. The van der Waals surface area contributed by atoms with Gasteiger partial charge in [-0.25, -0.2) is 0 Å². The van der Waals surface area contributed by atoms with Gasteiger partial charge in [-0.3, -0.25) is 9.59 Å². The first-order chi connectivity index (χ1) is 12.1. The number of hydrogen-bond donors (Lipinski definition) is 2. The predicted molar refractivity (Wildman–Crippen MR) is 101 cm³/mol. The van der Waals surface area contributed by atoms with Gasteiger partial charge >= 0.3 is 5.97 Å². The lowest BCUT2D eigenvalue weighted by molar-refractivity contribution is -0.140. The Kier molecular flexibility index (Phi) is 16.1. The summed E-state index contributed by atoms with van der Waals surface area (Å²) in [6, 6.07) is 0. The summed E-state index contributed by atoms with van der Waals surface area (Å²) >= 11 is 0. The second-order valence-corrected chi connectivity index (χ2v) is 6.15. The number of methoxy groups -OCH3 is 1. The Morgan fingerprint density at radius 2 is 1.84 bits per heavy atom. The van der Waals surface area contributed by atoms with Gasteiger partial charge in [-0.05, 0) is 25.7 Å². The van der Waals surface area contributed by atoms with Gasteiger partial charge in [0, 0.05) is 19.4 Å². The van der Waals surface area contributed by atoms with Crippen LogP contribution in [0, 0.1) is 0 Å². The van der Waals surface area contributed by atoms with E-state index in [0.29, 0.717) is 19.4 Å². The average molecular weight is 354 g/mol. The molecular formula is C20H35NO4. The normalized spacial score (nSPS) is 12.6. The fourth-order valence-corrected chi connectivity index (χ4v) is 2.28. The monoisotopic (exact) mass is 353 g/mol. The lowest BCUT2D eigenvalue weighted by Gasteiger charge is -2.04. The summed E-state index contributed by atoms with van der Waals surface area (Å²) in [5, 5.41) is 12.6. The summed E-state index contributed by atoms with van der Waals surface area (Å²) in [4.78, 5) is 22.6. The number of carbonyl (C=O) groups is 2. The molecule has 0 aromatic rings. The third kappa shape index (κ3) is 17.0. The smallest absolute Gasteiger partial charge is 0.305 e. The van der Waals surface area contributed by atoms with Crippen LogP contribution in [0.15, 0.2) is 24.3 Å². The molecule has 0 aromatic carbocycles. The van der Waals surface area contributed by atoms with E-state index in [4.69, 9.17) is 0 Å². The number of hydrogen-bond acceptors (Lipinski definition) is 4. The van der Waals surface area contributed by atoms with Gasteiger partial charge in [-0.1, -0.05) is 56.9 Å². The van der Waals surface area contributed by atoms with Crippen LogP contribution in [-0.4, -0.2) is 36.7 Å². The maximum absolute atomic E-state index is 11.6. The maximum Gasteiger partial charge on any atom is 0.305 e. The van der Waals surface area contributed by atoms with Gasteiger partial charge in [0.05, 0.1) is 13.2 Å². The largest absolute Gasteiger partial charge is 0.469 e. The van der Waals surface area contributed by atoms with Crippen LogP contribution in [-0.2, 0) is 14.3 Å². The van der Waals surface area contributed by atoms with E-state index >= 15 is 0 Å². The summed E-state index contributed by atoms with van der Waals surface area (Å²) < 4.78 is 4.56. The minimum absolute atomic E-state index is 0.0494. The van der Waals surface area contributed by atoms with Gasteiger partial charge in [-0.2, -0.15) is 0 Å². The van der Waals surface area contributed by atoms with Crippen LogP contribution in [0.4, 0.5) is 0 Å². The topological polar surface area (TPSA) is 75.6 Å². The quantitative estimate of drug-likeness (QED) is 0.268. The van der Waals surface area contributed by atoms with E-state index in [0.717, 1.165) is 51.4 Å². The second kappa shape index (κ2) is 17.2. The highest BCUT2D eigenvalue weighted by molar-refractivity contribution is 5.75. The minimum Gasteiger partial charge on any atom is -0.469 e. The predicted octanol–water partition coefficient (Wildman–Crippen LogP) is 3.67. The number of carbonyl (C=O) groups excluding carboxylic acids is 2. The Bertz CT molecular complexity index is 405. The van der Waals surface area contributed by atoms with Gasteiger partial charge in [0.1, 0.15) is 0 Å². The van der Waals surface area contributed by atoms with Crippen molar-refractivity contribution in [1.29, 1.82) is 0 Å². The highest BCUT2D eigenvalue weighted by Gasteiger charge is 2.02. The molecule has 1 amide bonds. The average Bonchev–Trinajstić information content (AvgIpc) is 2.60. The Morgan fingerprint density at radius 1 is 1.08 bits per heavy atom. The van der Waals surface area contributed by atoms with Crippen LogP contribution in [0.3, 0.4) is 0 Å². The molecule has 0 heterocycles. The van der Waals surface area contributed by atoms with Gasteiger partial charge in [0.15, 0.2) is 0 Å². The van der Waals surface area contributed by atoms with Crippen molar-refractivity contribution in [2.24, 2.45) is 0 Å². The van der Waals surface area contributed by atoms with Crippen molar-refractivity contribution >= 4 is 11.9 Å². The molecule has 0 aromatic heterocycles. The summed E-state index contributed by atoms with van der Waals surface area (Å²) in [5.41, 5.74) is 0. The van der Waals surface area contributed by atoms with E-state index in [-0.39, 0.29) is 18.0 Å². The van der Waals surface area contributed by atoms with E-state index in [9.17, 15) is 14.7 Å². The lowest BCUT2D eigenvalue weighted by atomic mass is 10.1. The zero-order valence-electron chi connectivity index (χ0n) is 15.8. The molecule has 144 valence electrons. The van der Waals surface area contributed by atoms with E-state index in [1.54, 1.807) is 6.08 Å². The minimum atomic E-state index is -0.366. The molecule has 25 heavy (non-hydrogen) atoms. The Labute approximate surface area is 152 Å². The number of unbranched alkanes of at least 4 members (excludes halogenated alkanes) is 4. The molecule has 0 rings (SSSR count). The summed E-state index contributed by atoms with van der Waals surface area (Å²) in [7, 11) is 1.38. The van der Waals surface area contributed by atoms with Crippen molar-refractivity contribution in [2.75, 3.05) is 13.7 Å². The molecule has 0 fully saturated rings. The van der Waals surface area contributed by atoms with Crippen molar-refractivity contribution in [3.8, 4) is 0 Å². The fourth-order valence-electron chi connectivity index (χ4n) is 2.28. The van der Waals surface area contributed by atoms with Crippen LogP contribution < -0.4 is 5.32 Å². The molecule has 0 aliphatic rings. The zero-order valence-corrected chi connectivity index (χ0v) is 15.8. The standard InChI is InChI=1S/C20H35NO4/c1-3-4-8-13-18(22)14-9-5-6-12-17-21-19(23)15-10-7-11-16-20(24)25-2/h5-6,9,14,18,22H,3-4,7-8,10-13,15-17H2,1-2H3,(H,21,23)/b6-5+,14-9+. The molecule has 1 atom stereocenters. The third-order valence-electron chi connectivity index (χ3n) is 3.83. The summed E-state index contributed by atoms with van der Waals surface area (Å²) in [5.74, 6) is -0.146. The number of ether oxygens (including phenoxy) is 1. The number of aliphatic hydroxyl groups excluding tert-OH is 1. The van der Waals surface area contributed by atoms with Crippen molar-refractivity contribution in [2.45, 2.75) is 77.2 Å². The lowest BCUT2D eigenvalue weighted by Crippen LogP contribution is -2.23. The van der Waals surface area contributed by atoms with E-state index in [1.165, 1.54) is 7.11 Å². The van der Waals surface area contributed by atoms with Crippen LogP contribution in [0.25, 0.3) is 0 Å². The second-order valence-electron chi connectivity index (χ2n) is 6.15. The van der Waals surface area contributed by atoms with E-state index < -0.39 is 0 Å². The van der Waals surface area contributed by atoms with Crippen LogP contribution >= 0.6 is 0 Å². The molecule has 0 saturated carbocycles. The Morgan fingerprint density at radius 3 is 2.56 bits per heavy atom. The number of allylic oxidation sites excluding steroid dienone is 2. The molecule has 0 aliphatic heterocycles. The first kappa shape index (κ1) is 23.4. The number of aliphatic hydroxyl groups is 1. The highest BCUT2D eigenvalue weighted by atomic mass is 16.5. The molecule has 0 radical (unpaired) electrons. The number of amides is 1. The highest BCUT2D eigenvalue weighted by Crippen LogP contribution is 2.05. The summed E-state index contributed by atoms with van der Waals surface area (Å²) in [6.45, 7) is 2.76. The Balaban J connectivity index is 3.53. The first-order valence-electron chi connectivity index (χ1n) is 9.45. The molecule has 0 aliphatic carbocycles. The molecule has 0 spiro atoms. The molecule has 2 N–H and O–H groups in total. The number of esters is 1. The van der Waals surface area contributed by atoms with Gasteiger partial charge < -0.3 is 15.2 Å². The van der Waals surface area contributed by atoms with Crippen LogP contribution in [0.1, 0.15) is 71.1 Å². The van der Waals surface area contributed by atoms with Crippen molar-refractivity contribution in [1.82, 2.24) is 5.32 Å². The fraction of sp³-hybridized carbons (Fsp3) is 0.700. The van der Waals surface area contributed by atoms with Crippen molar-refractivity contribution in [3.05, 3.63) is 24.3 Å². The van der Waals surface area contributed by atoms with E-state index in [2.05, 4.69) is 17.0 Å². The molecule has 5 nitrogen and oxygen atoms in total. The maximum atomic E-state index is 11.6. The van der Waals surface area contributed by atoms with Crippen molar-refractivity contribution in [3.63, 3.8) is 0 Å². The number of nitrogens with one attached hydrogen (secondary N) is 1. The Hall–Kier alpha value is -1.62. The molecule has 0 saturated heterocycles. The van der Waals surface area contributed by atoms with E-state index in [1.807, 2.05) is 18.2 Å². The van der Waals surface area contributed by atoms with Crippen molar-refractivity contribution < 1.29 is 19.4 Å². The van der Waals surface area contributed by atoms with Gasteiger partial charge in [0.25, 0.3) is 0 Å². The van der Waals surface area contributed by atoms with Crippen LogP contribution in [0.2, 0.25) is 0 Å². The van der Waals surface area contributed by atoms with Gasteiger partial charge in [-0.15, -0.1) is 0 Å². The first-order valence-corrected chi connectivity index (χ1v) is 9.45.